The maximum Gasteiger partial charge on any atom is 0.255 e. The second-order valence-electron chi connectivity index (χ2n) is 9.31. The Kier molecular flexibility index (Phi) is 6.67. The Morgan fingerprint density at radius 2 is 2.00 bits per heavy atom. The maximum absolute atomic E-state index is 14.1. The van der Waals surface area contributed by atoms with Crippen LogP contribution in [0.25, 0.3) is 10.9 Å². The van der Waals surface area contributed by atoms with E-state index in [1.165, 1.54) is 6.07 Å². The van der Waals surface area contributed by atoms with Crippen LogP contribution in [-0.4, -0.2) is 58.5 Å². The number of likely N-dealkylation sites (tertiary alicyclic amines) is 1. The van der Waals surface area contributed by atoms with Gasteiger partial charge in [0.2, 0.25) is 0 Å². The molecule has 6 rings (SSSR count). The number of hydrogen-bond acceptors (Lipinski definition) is 7. The summed E-state index contributed by atoms with van der Waals surface area (Å²) in [5, 5.41) is 14.9. The Balaban J connectivity index is 0.00000253. The third-order valence-corrected chi connectivity index (χ3v) is 7.04. The fourth-order valence-corrected chi connectivity index (χ4v) is 5.36. The number of aliphatic hydroxyl groups is 1. The number of hydrogen-bond donors (Lipinski definition) is 2. The zero-order valence-electron chi connectivity index (χ0n) is 19.2. The molecule has 2 atom stereocenters. The molecule has 3 aliphatic rings. The molecule has 0 saturated carbocycles. The van der Waals surface area contributed by atoms with Crippen LogP contribution < -0.4 is 20.3 Å². The summed E-state index contributed by atoms with van der Waals surface area (Å²) in [5.41, 5.74) is 2.85. The summed E-state index contributed by atoms with van der Waals surface area (Å²) in [4.78, 5) is 19.6. The van der Waals surface area contributed by atoms with E-state index in [0.29, 0.717) is 81.5 Å². The van der Waals surface area contributed by atoms with Gasteiger partial charge in [-0.2, -0.15) is 0 Å². The molecule has 0 unspecified atom stereocenters. The number of fused-ring (bicyclic) bond motifs is 1. The zero-order chi connectivity index (χ0) is 23.2. The van der Waals surface area contributed by atoms with E-state index >= 15 is 0 Å². The summed E-state index contributed by atoms with van der Waals surface area (Å²) in [5.74, 6) is 1.19. The molecule has 10 heteroatoms. The lowest BCUT2D eigenvalue weighted by molar-refractivity contribution is 0.140. The first-order chi connectivity index (χ1) is 16.6. The van der Waals surface area contributed by atoms with Gasteiger partial charge in [-0.25, -0.2) is 4.39 Å². The van der Waals surface area contributed by atoms with Crippen LogP contribution in [0.15, 0.2) is 35.3 Å². The number of rotatable bonds is 6. The average molecular weight is 503 g/mol. The first kappa shape index (κ1) is 24.0. The fourth-order valence-electron chi connectivity index (χ4n) is 5.36. The van der Waals surface area contributed by atoms with Gasteiger partial charge in [0.05, 0.1) is 23.5 Å². The van der Waals surface area contributed by atoms with E-state index in [1.807, 2.05) is 12.1 Å². The van der Waals surface area contributed by atoms with Gasteiger partial charge in [-0.3, -0.25) is 14.7 Å². The van der Waals surface area contributed by atoms with Crippen molar-refractivity contribution in [3.05, 3.63) is 63.5 Å². The molecule has 3 aliphatic heterocycles. The lowest BCUT2D eigenvalue weighted by Crippen LogP contribution is -2.30. The molecule has 0 aliphatic carbocycles. The van der Waals surface area contributed by atoms with Crippen molar-refractivity contribution < 1.29 is 19.0 Å². The van der Waals surface area contributed by atoms with Gasteiger partial charge in [0, 0.05) is 62.4 Å². The molecule has 186 valence electrons. The lowest BCUT2D eigenvalue weighted by Gasteiger charge is -2.19. The van der Waals surface area contributed by atoms with Gasteiger partial charge in [0.25, 0.3) is 5.56 Å². The molecule has 0 bridgehead atoms. The summed E-state index contributed by atoms with van der Waals surface area (Å²) in [6, 6.07) is 7.00. The van der Waals surface area contributed by atoms with Gasteiger partial charge < -0.3 is 24.5 Å². The minimum Gasteiger partial charge on any atom is -0.486 e. The molecule has 2 aromatic heterocycles. The topological polar surface area (TPSA) is 88.9 Å². The SMILES string of the molecule is Cl.O=c1c(CN2C[C@H](CNCc3cc4c(cn3)OCCO4)[C@H](O)C2)cc2ccc(F)c3c2n1CC3. The molecule has 1 fully saturated rings. The number of halogens is 2. The number of nitrogens with one attached hydrogen (secondary N) is 1. The maximum atomic E-state index is 14.1. The molecule has 0 amide bonds. The molecular weight excluding hydrogens is 475 g/mol. The van der Waals surface area contributed by atoms with Gasteiger partial charge in [0.15, 0.2) is 11.5 Å². The quantitative estimate of drug-likeness (QED) is 0.532. The van der Waals surface area contributed by atoms with Crippen LogP contribution in [0.5, 0.6) is 11.5 Å². The number of ether oxygens (including phenoxy) is 2. The second-order valence-corrected chi connectivity index (χ2v) is 9.31. The highest BCUT2D eigenvalue weighted by Crippen LogP contribution is 2.30. The second kappa shape index (κ2) is 9.73. The van der Waals surface area contributed by atoms with Gasteiger partial charge in [-0.05, 0) is 30.0 Å². The summed E-state index contributed by atoms with van der Waals surface area (Å²) in [6.07, 6.45) is 1.76. The smallest absolute Gasteiger partial charge is 0.255 e. The van der Waals surface area contributed by atoms with Crippen molar-refractivity contribution in [2.45, 2.75) is 32.2 Å². The summed E-state index contributed by atoms with van der Waals surface area (Å²) in [6.45, 7) is 4.46. The average Bonchev–Trinajstić information content (AvgIpc) is 3.44. The van der Waals surface area contributed by atoms with Crippen LogP contribution in [0.2, 0.25) is 0 Å². The predicted octanol–water partition coefficient (Wildman–Crippen LogP) is 1.87. The number of pyridine rings is 2. The monoisotopic (exact) mass is 502 g/mol. The van der Waals surface area contributed by atoms with Crippen LogP contribution in [0.4, 0.5) is 4.39 Å². The molecule has 35 heavy (non-hydrogen) atoms. The Bertz CT molecular complexity index is 1320. The summed E-state index contributed by atoms with van der Waals surface area (Å²) < 4.78 is 26.9. The van der Waals surface area contributed by atoms with Gasteiger partial charge in [-0.1, -0.05) is 0 Å². The van der Waals surface area contributed by atoms with Crippen LogP contribution in [0.3, 0.4) is 0 Å². The minimum absolute atomic E-state index is 0. The van der Waals surface area contributed by atoms with Crippen LogP contribution in [-0.2, 0) is 26.1 Å². The molecule has 1 aromatic carbocycles. The van der Waals surface area contributed by atoms with E-state index in [9.17, 15) is 14.3 Å². The van der Waals surface area contributed by atoms with Crippen LogP contribution in [0.1, 0.15) is 16.8 Å². The molecule has 3 aromatic rings. The number of β-amino-alcohol motifs (C(OH)–C–C–N with tert-alkyl or cyclic N) is 1. The number of aliphatic hydroxyl groups excluding tert-OH is 1. The number of aromatic nitrogens is 2. The lowest BCUT2D eigenvalue weighted by atomic mass is 10.1. The standard InChI is InChI=1S/C25H27FN4O4.ClH/c26-20-2-1-15-7-16(25(32)30-4-3-19(20)24(15)30)12-29-13-17(21(31)14-29)9-27-10-18-8-22-23(11-28-18)34-6-5-33-22;/h1-2,7-8,11,17,21,27,31H,3-6,9-10,12-14H2;1H/t17-,21+;/m0./s1. The molecule has 8 nitrogen and oxygen atoms in total. The van der Waals surface area contributed by atoms with Gasteiger partial charge >= 0.3 is 0 Å². The number of aryl methyl sites for hydroxylation is 2. The highest BCUT2D eigenvalue weighted by atomic mass is 35.5. The van der Waals surface area contributed by atoms with Gasteiger partial charge in [-0.15, -0.1) is 12.4 Å². The normalized spacial score (nSPS) is 20.9. The Hall–Kier alpha value is -2.72. The Labute approximate surface area is 208 Å². The highest BCUT2D eigenvalue weighted by Gasteiger charge is 2.32. The van der Waals surface area contributed by atoms with Crippen LogP contribution in [0, 0.1) is 11.7 Å². The van der Waals surface area contributed by atoms with Crippen molar-refractivity contribution >= 4 is 23.3 Å². The minimum atomic E-state index is -0.472. The number of nitrogens with zero attached hydrogens (tertiary/aromatic N) is 3. The molecule has 1 saturated heterocycles. The van der Waals surface area contributed by atoms with Crippen LogP contribution >= 0.6 is 12.4 Å². The molecule has 0 radical (unpaired) electrons. The molecule has 2 N–H and O–H groups in total. The van der Waals surface area contributed by atoms with Crippen molar-refractivity contribution in [2.24, 2.45) is 5.92 Å². The van der Waals surface area contributed by atoms with Crippen molar-refractivity contribution in [3.8, 4) is 11.5 Å². The van der Waals surface area contributed by atoms with Crippen molar-refractivity contribution in [3.63, 3.8) is 0 Å². The van der Waals surface area contributed by atoms with E-state index in [2.05, 4.69) is 15.2 Å². The Morgan fingerprint density at radius 1 is 1.17 bits per heavy atom. The molecule has 5 heterocycles. The number of benzene rings is 1. The third-order valence-electron chi connectivity index (χ3n) is 7.04. The van der Waals surface area contributed by atoms with Crippen molar-refractivity contribution in [1.82, 2.24) is 19.8 Å². The predicted molar refractivity (Wildman–Crippen MR) is 131 cm³/mol. The first-order valence-corrected chi connectivity index (χ1v) is 11.8. The van der Waals surface area contributed by atoms with E-state index in [0.717, 1.165) is 16.6 Å². The molecular formula is C25H28ClFN4O4. The summed E-state index contributed by atoms with van der Waals surface area (Å²) >= 11 is 0. The largest absolute Gasteiger partial charge is 0.486 e. The van der Waals surface area contributed by atoms with E-state index in [-0.39, 0.29) is 29.7 Å². The summed E-state index contributed by atoms with van der Waals surface area (Å²) in [7, 11) is 0. The van der Waals surface area contributed by atoms with E-state index < -0.39 is 6.10 Å². The zero-order valence-corrected chi connectivity index (χ0v) is 20.0. The highest BCUT2D eigenvalue weighted by molar-refractivity contribution is 5.85. The first-order valence-electron chi connectivity index (χ1n) is 11.8. The van der Waals surface area contributed by atoms with Crippen molar-refractivity contribution in [2.75, 3.05) is 32.8 Å². The van der Waals surface area contributed by atoms with E-state index in [1.54, 1.807) is 16.8 Å². The fraction of sp³-hybridized carbons (Fsp3) is 0.440. The molecule has 0 spiro atoms. The van der Waals surface area contributed by atoms with E-state index in [4.69, 9.17) is 9.47 Å². The Morgan fingerprint density at radius 3 is 2.86 bits per heavy atom. The van der Waals surface area contributed by atoms with Crippen molar-refractivity contribution in [1.29, 1.82) is 0 Å². The third kappa shape index (κ3) is 4.49. The van der Waals surface area contributed by atoms with Gasteiger partial charge in [0.1, 0.15) is 19.0 Å².